The Morgan fingerprint density at radius 3 is 1.40 bits per heavy atom. The minimum absolute atomic E-state index is 0.640. The van der Waals surface area contributed by atoms with Crippen molar-refractivity contribution in [3.05, 3.63) is 188 Å². The molecule has 55 heavy (non-hydrogen) atoms. The van der Waals surface area contributed by atoms with E-state index in [1.54, 1.807) is 11.3 Å². The van der Waals surface area contributed by atoms with Gasteiger partial charge in [-0.15, -0.1) is 11.3 Å². The summed E-state index contributed by atoms with van der Waals surface area (Å²) in [6.45, 7) is 0. The third-order valence-corrected chi connectivity index (χ3v) is 11.0. The predicted octanol–water partition coefficient (Wildman–Crippen LogP) is 12.7. The maximum atomic E-state index is 5.27. The van der Waals surface area contributed by atoms with Crippen molar-refractivity contribution in [2.24, 2.45) is 0 Å². The molecule has 10 aromatic rings. The number of nitrogens with zero attached hydrogens (tertiary/aromatic N) is 5. The fraction of sp³-hybridized carbons (Fsp3) is 0. The van der Waals surface area contributed by atoms with Crippen LogP contribution < -0.4 is 0 Å². The highest BCUT2D eigenvalue weighted by Gasteiger charge is 2.20. The van der Waals surface area contributed by atoms with E-state index >= 15 is 0 Å². The molecule has 3 heterocycles. The van der Waals surface area contributed by atoms with Crippen molar-refractivity contribution in [1.29, 1.82) is 0 Å². The van der Waals surface area contributed by atoms with E-state index < -0.39 is 0 Å². The Balaban J connectivity index is 1.15. The molecule has 0 atom stereocenters. The lowest BCUT2D eigenvalue weighted by atomic mass is 10.00. The van der Waals surface area contributed by atoms with Crippen LogP contribution in [0.3, 0.4) is 0 Å². The fourth-order valence-electron chi connectivity index (χ4n) is 7.08. The SMILES string of the molecule is c1ccc(-c2ccc(-c3nc(-c4ccccc4)cc(-c4cccc5sc6c(-c7nc(-c8ccccc8)nc(-c8ccccc8)n7)cccc6c45)n3)cc2)cc1. The van der Waals surface area contributed by atoms with E-state index in [2.05, 4.69) is 103 Å². The molecular formula is C49H31N5S. The van der Waals surface area contributed by atoms with Crippen molar-refractivity contribution in [3.63, 3.8) is 0 Å². The van der Waals surface area contributed by atoms with Crippen molar-refractivity contribution < 1.29 is 0 Å². The molecule has 3 aromatic heterocycles. The van der Waals surface area contributed by atoms with E-state index in [-0.39, 0.29) is 0 Å². The third kappa shape index (κ3) is 6.24. The molecule has 0 aliphatic heterocycles. The van der Waals surface area contributed by atoms with Crippen LogP contribution in [0.4, 0.5) is 0 Å². The summed E-state index contributed by atoms with van der Waals surface area (Å²) in [7, 11) is 0. The highest BCUT2D eigenvalue weighted by Crippen LogP contribution is 2.44. The molecule has 0 aliphatic rings. The van der Waals surface area contributed by atoms with Gasteiger partial charge in [-0.3, -0.25) is 0 Å². The Labute approximate surface area is 322 Å². The van der Waals surface area contributed by atoms with Crippen LogP contribution in [-0.2, 0) is 0 Å². The second kappa shape index (κ2) is 14.0. The first-order chi connectivity index (χ1) is 27.2. The zero-order valence-electron chi connectivity index (χ0n) is 29.5. The molecule has 258 valence electrons. The summed E-state index contributed by atoms with van der Waals surface area (Å²) in [5, 5.41) is 2.28. The number of hydrogen-bond acceptors (Lipinski definition) is 6. The van der Waals surface area contributed by atoms with E-state index in [4.69, 9.17) is 24.9 Å². The van der Waals surface area contributed by atoms with Crippen LogP contribution >= 0.6 is 11.3 Å². The van der Waals surface area contributed by atoms with E-state index in [1.165, 1.54) is 5.56 Å². The van der Waals surface area contributed by atoms with Crippen LogP contribution in [0.25, 0.3) is 99.4 Å². The zero-order chi connectivity index (χ0) is 36.6. The first-order valence-electron chi connectivity index (χ1n) is 18.2. The van der Waals surface area contributed by atoms with Crippen LogP contribution in [0.1, 0.15) is 0 Å². The van der Waals surface area contributed by atoms with Crippen LogP contribution in [0.15, 0.2) is 188 Å². The molecule has 10 rings (SSSR count). The summed E-state index contributed by atoms with van der Waals surface area (Å²) in [5.74, 6) is 2.60. The fourth-order valence-corrected chi connectivity index (χ4v) is 8.32. The maximum Gasteiger partial charge on any atom is 0.165 e. The van der Waals surface area contributed by atoms with E-state index in [0.717, 1.165) is 70.5 Å². The van der Waals surface area contributed by atoms with Gasteiger partial charge in [0.1, 0.15) is 0 Å². The molecule has 0 radical (unpaired) electrons. The van der Waals surface area contributed by atoms with Gasteiger partial charge >= 0.3 is 0 Å². The van der Waals surface area contributed by atoms with E-state index in [1.807, 2.05) is 84.9 Å². The van der Waals surface area contributed by atoms with Crippen molar-refractivity contribution in [3.8, 4) is 79.2 Å². The lowest BCUT2D eigenvalue weighted by Crippen LogP contribution is -2.00. The molecule has 6 heteroatoms. The molecule has 0 bridgehead atoms. The van der Waals surface area contributed by atoms with Crippen LogP contribution in [0, 0.1) is 0 Å². The number of hydrogen-bond donors (Lipinski definition) is 0. The molecule has 0 saturated carbocycles. The number of fused-ring (bicyclic) bond motifs is 3. The van der Waals surface area contributed by atoms with Crippen molar-refractivity contribution in [2.75, 3.05) is 0 Å². The summed E-state index contributed by atoms with van der Waals surface area (Å²) in [5.41, 5.74) is 9.96. The number of rotatable bonds is 7. The minimum Gasteiger partial charge on any atom is -0.228 e. The quantitative estimate of drug-likeness (QED) is 0.164. The summed E-state index contributed by atoms with van der Waals surface area (Å²) in [6, 6.07) is 64.5. The van der Waals surface area contributed by atoms with Gasteiger partial charge in [0.25, 0.3) is 0 Å². The highest BCUT2D eigenvalue weighted by molar-refractivity contribution is 7.26. The molecule has 0 aliphatic carbocycles. The molecule has 0 unspecified atom stereocenters. The highest BCUT2D eigenvalue weighted by atomic mass is 32.1. The van der Waals surface area contributed by atoms with E-state index in [0.29, 0.717) is 23.3 Å². The molecule has 0 saturated heterocycles. The molecule has 0 amide bonds. The Kier molecular flexibility index (Phi) is 8.28. The second-order valence-electron chi connectivity index (χ2n) is 13.3. The zero-order valence-corrected chi connectivity index (χ0v) is 30.4. The molecular weight excluding hydrogens is 691 g/mol. The van der Waals surface area contributed by atoms with Gasteiger partial charge in [0.05, 0.1) is 11.4 Å². The van der Waals surface area contributed by atoms with Crippen molar-refractivity contribution in [1.82, 2.24) is 24.9 Å². The van der Waals surface area contributed by atoms with Crippen molar-refractivity contribution >= 4 is 31.5 Å². The number of aromatic nitrogens is 5. The van der Waals surface area contributed by atoms with Crippen LogP contribution in [0.5, 0.6) is 0 Å². The summed E-state index contributed by atoms with van der Waals surface area (Å²) in [4.78, 5) is 25.5. The van der Waals surface area contributed by atoms with Gasteiger partial charge in [-0.1, -0.05) is 170 Å². The number of thiophene rings is 1. The summed E-state index contributed by atoms with van der Waals surface area (Å²) < 4.78 is 2.28. The lowest BCUT2D eigenvalue weighted by molar-refractivity contribution is 1.08. The smallest absolute Gasteiger partial charge is 0.165 e. The van der Waals surface area contributed by atoms with Gasteiger partial charge in [-0.25, -0.2) is 24.9 Å². The summed E-state index contributed by atoms with van der Waals surface area (Å²) >= 11 is 1.75. The topological polar surface area (TPSA) is 64.5 Å². The van der Waals surface area contributed by atoms with Gasteiger partial charge in [0.15, 0.2) is 23.3 Å². The Hall–Kier alpha value is -7.15. The molecule has 7 aromatic carbocycles. The minimum atomic E-state index is 0.640. The average molecular weight is 722 g/mol. The molecule has 5 nitrogen and oxygen atoms in total. The first-order valence-corrected chi connectivity index (χ1v) is 19.0. The predicted molar refractivity (Wildman–Crippen MR) is 226 cm³/mol. The van der Waals surface area contributed by atoms with Crippen LogP contribution in [-0.4, -0.2) is 24.9 Å². The molecule has 0 fully saturated rings. The maximum absolute atomic E-state index is 5.27. The van der Waals surface area contributed by atoms with Gasteiger partial charge < -0.3 is 0 Å². The van der Waals surface area contributed by atoms with Gasteiger partial charge in [-0.2, -0.15) is 0 Å². The second-order valence-corrected chi connectivity index (χ2v) is 14.3. The van der Waals surface area contributed by atoms with Crippen molar-refractivity contribution in [2.45, 2.75) is 0 Å². The Morgan fingerprint density at radius 1 is 0.309 bits per heavy atom. The standard InChI is InChI=1S/C49H31N5S/c1-5-15-32(16-6-1)33-27-29-37(30-28-33)46-50-41(34-17-7-2-8-18-34)31-42(51-46)38-23-14-26-43-44(38)39-24-13-25-40(45(39)55-43)49-53-47(35-19-9-3-10-20-35)52-48(54-49)36-21-11-4-12-22-36/h1-31H. The van der Waals surface area contributed by atoms with Gasteiger partial charge in [0, 0.05) is 53.6 Å². The molecule has 0 spiro atoms. The monoisotopic (exact) mass is 721 g/mol. The largest absolute Gasteiger partial charge is 0.228 e. The Bertz CT molecular complexity index is 2890. The summed E-state index contributed by atoms with van der Waals surface area (Å²) in [6.07, 6.45) is 0. The van der Waals surface area contributed by atoms with Gasteiger partial charge in [-0.05, 0) is 29.3 Å². The normalized spacial score (nSPS) is 11.3. The third-order valence-electron chi connectivity index (χ3n) is 9.78. The van der Waals surface area contributed by atoms with Gasteiger partial charge in [0.2, 0.25) is 0 Å². The van der Waals surface area contributed by atoms with Crippen LogP contribution in [0.2, 0.25) is 0 Å². The lowest BCUT2D eigenvalue weighted by Gasteiger charge is -2.11. The first kappa shape index (κ1) is 32.5. The van der Waals surface area contributed by atoms with E-state index in [9.17, 15) is 0 Å². The average Bonchev–Trinajstić information content (AvgIpc) is 3.67. The number of benzene rings is 7. The Morgan fingerprint density at radius 2 is 0.764 bits per heavy atom. The molecule has 0 N–H and O–H groups in total.